The van der Waals surface area contributed by atoms with Crippen molar-refractivity contribution in [3.8, 4) is 17.3 Å². The molecular weight excluding hydrogens is 441 g/mol. The minimum Gasteiger partial charge on any atom is -0.481 e. The Labute approximate surface area is 195 Å². The van der Waals surface area contributed by atoms with Crippen molar-refractivity contribution in [2.45, 2.75) is 18.9 Å². The lowest BCUT2D eigenvalue weighted by Crippen LogP contribution is -2.33. The zero-order valence-corrected chi connectivity index (χ0v) is 19.2. The minimum atomic E-state index is -0.319. The second-order valence-electron chi connectivity index (χ2n) is 8.44. The van der Waals surface area contributed by atoms with Crippen molar-refractivity contribution >= 4 is 23.2 Å². The molecule has 3 aromatic rings. The van der Waals surface area contributed by atoms with E-state index < -0.39 is 0 Å². The number of aromatic nitrogens is 5. The van der Waals surface area contributed by atoms with Gasteiger partial charge < -0.3 is 25.6 Å². The lowest BCUT2D eigenvalue weighted by atomic mass is 10.0. The van der Waals surface area contributed by atoms with Gasteiger partial charge in [-0.1, -0.05) is 0 Å². The first-order valence-corrected chi connectivity index (χ1v) is 11.1. The van der Waals surface area contributed by atoms with Crippen LogP contribution >= 0.6 is 0 Å². The van der Waals surface area contributed by atoms with Gasteiger partial charge in [0.15, 0.2) is 23.2 Å². The summed E-state index contributed by atoms with van der Waals surface area (Å²) in [4.78, 5) is 21.6. The van der Waals surface area contributed by atoms with E-state index in [4.69, 9.17) is 15.5 Å². The van der Waals surface area contributed by atoms with E-state index in [9.17, 15) is 9.18 Å². The monoisotopic (exact) mass is 467 g/mol. The van der Waals surface area contributed by atoms with Crippen molar-refractivity contribution in [1.29, 1.82) is 0 Å². The predicted octanol–water partition coefficient (Wildman–Crippen LogP) is 1.84. The number of methoxy groups -OCH3 is 1. The number of nitrogen functional groups attached to an aromatic ring is 1. The number of nitrogens with one attached hydrogen (secondary N) is 1. The molecule has 34 heavy (non-hydrogen) atoms. The first kappa shape index (κ1) is 21.9. The number of ether oxygens (including phenoxy) is 1. The largest absolute Gasteiger partial charge is 0.481 e. The van der Waals surface area contributed by atoms with Gasteiger partial charge in [0, 0.05) is 45.0 Å². The van der Waals surface area contributed by atoms with Crippen LogP contribution < -0.4 is 20.7 Å². The molecule has 1 atom stereocenters. The summed E-state index contributed by atoms with van der Waals surface area (Å²) in [5, 5.41) is 16.1. The highest BCUT2D eigenvalue weighted by Gasteiger charge is 2.34. The van der Waals surface area contributed by atoms with Crippen molar-refractivity contribution in [3.63, 3.8) is 0 Å². The van der Waals surface area contributed by atoms with E-state index in [2.05, 4.69) is 20.6 Å². The van der Waals surface area contributed by atoms with Gasteiger partial charge in [0.2, 0.25) is 5.88 Å². The normalized spacial score (nSPS) is 18.0. The number of likely N-dealkylation sites (N-methyl/N-ethyl adjacent to an activating group) is 1. The number of halogens is 1. The number of nitrogens with zero attached hydrogens (tertiary/aromatic N) is 7. The third-order valence-corrected chi connectivity index (χ3v) is 6.31. The highest BCUT2D eigenvalue weighted by Crippen LogP contribution is 2.41. The molecule has 0 unspecified atom stereocenters. The Morgan fingerprint density at radius 2 is 2.06 bits per heavy atom. The van der Waals surface area contributed by atoms with Gasteiger partial charge in [-0.2, -0.15) is 5.10 Å². The predicted molar refractivity (Wildman–Crippen MR) is 124 cm³/mol. The average Bonchev–Trinajstić information content (AvgIpc) is 3.43. The molecule has 2 aliphatic rings. The van der Waals surface area contributed by atoms with E-state index in [1.807, 2.05) is 4.90 Å². The van der Waals surface area contributed by atoms with Gasteiger partial charge in [0.1, 0.15) is 11.4 Å². The molecule has 1 amide bonds. The van der Waals surface area contributed by atoms with Crippen molar-refractivity contribution in [3.05, 3.63) is 35.3 Å². The number of nitrogens with two attached hydrogens (primary N) is 1. The summed E-state index contributed by atoms with van der Waals surface area (Å²) in [7, 11) is 4.87. The van der Waals surface area contributed by atoms with Crippen molar-refractivity contribution < 1.29 is 13.9 Å². The van der Waals surface area contributed by atoms with Crippen molar-refractivity contribution in [2.24, 2.45) is 7.05 Å². The number of rotatable bonds is 1. The van der Waals surface area contributed by atoms with E-state index in [1.54, 1.807) is 31.1 Å². The first-order valence-electron chi connectivity index (χ1n) is 11.1. The van der Waals surface area contributed by atoms with Crippen LogP contribution in [-0.2, 0) is 7.05 Å². The summed E-state index contributed by atoms with van der Waals surface area (Å²) >= 11 is 0. The van der Waals surface area contributed by atoms with Crippen LogP contribution in [0.15, 0.2) is 18.2 Å². The van der Waals surface area contributed by atoms with E-state index in [1.165, 1.54) is 17.9 Å². The molecule has 4 heterocycles. The lowest BCUT2D eigenvalue weighted by molar-refractivity contribution is 0.0794. The fourth-order valence-corrected chi connectivity index (χ4v) is 4.69. The SMILES string of the molecule is COc1c2c(nn1C)C(=O)N(C)CCNc1ccc(F)cc1[C@H]1CCCN1c1nc-2nnc1N. The molecule has 178 valence electrons. The molecule has 0 spiro atoms. The smallest absolute Gasteiger partial charge is 0.275 e. The molecule has 0 radical (unpaired) electrons. The molecule has 1 saturated heterocycles. The van der Waals surface area contributed by atoms with Crippen LogP contribution in [0.4, 0.5) is 21.7 Å². The van der Waals surface area contributed by atoms with Gasteiger partial charge >= 0.3 is 0 Å². The van der Waals surface area contributed by atoms with Crippen LogP contribution in [0.5, 0.6) is 5.88 Å². The van der Waals surface area contributed by atoms with Crippen LogP contribution in [0.1, 0.15) is 34.9 Å². The lowest BCUT2D eigenvalue weighted by Gasteiger charge is -2.29. The van der Waals surface area contributed by atoms with Crippen molar-refractivity contribution in [2.75, 3.05) is 49.7 Å². The number of aryl methyl sites for hydroxylation is 1. The molecule has 2 aliphatic heterocycles. The molecule has 2 bridgehead atoms. The van der Waals surface area contributed by atoms with Gasteiger partial charge in [0.25, 0.3) is 5.91 Å². The number of anilines is 3. The number of carbonyl (C=O) groups excluding carboxylic acids is 1. The summed E-state index contributed by atoms with van der Waals surface area (Å²) in [6.45, 7) is 1.54. The Balaban J connectivity index is 1.73. The third kappa shape index (κ3) is 3.55. The van der Waals surface area contributed by atoms with Gasteiger partial charge in [-0.3, -0.25) is 4.79 Å². The van der Waals surface area contributed by atoms with Crippen LogP contribution in [0.3, 0.4) is 0 Å². The summed E-state index contributed by atoms with van der Waals surface area (Å²) in [6.07, 6.45) is 1.68. The van der Waals surface area contributed by atoms with Crippen LogP contribution in [-0.4, -0.2) is 69.6 Å². The zero-order chi connectivity index (χ0) is 24.0. The molecular formula is C22H26FN9O2. The Morgan fingerprint density at radius 3 is 2.85 bits per heavy atom. The maximum absolute atomic E-state index is 14.3. The standard InChI is InChI=1S/C22H26FN9O2/c1-30-10-8-25-14-7-6-12(23)11-13(14)15-5-4-9-32(15)20-18(24)27-28-19(26-20)16-17(21(30)33)29-31(2)22(16)34-3/h6-7,11,15,25H,4-5,8-10H2,1-3H3,(H2,24,27)/t15-/m1/s1. The minimum absolute atomic E-state index is 0.150. The maximum Gasteiger partial charge on any atom is 0.275 e. The van der Waals surface area contributed by atoms with Gasteiger partial charge in [-0.15, -0.1) is 10.2 Å². The molecule has 2 aromatic heterocycles. The summed E-state index contributed by atoms with van der Waals surface area (Å²) in [6, 6.07) is 4.54. The Bertz CT molecular complexity index is 1260. The summed E-state index contributed by atoms with van der Waals surface area (Å²) < 4.78 is 21.3. The topological polar surface area (TPSA) is 127 Å². The average molecular weight is 468 g/mol. The van der Waals surface area contributed by atoms with E-state index in [0.29, 0.717) is 36.9 Å². The first-order chi connectivity index (χ1) is 16.4. The molecule has 12 heteroatoms. The van der Waals surface area contributed by atoms with Crippen LogP contribution in [0.25, 0.3) is 11.4 Å². The van der Waals surface area contributed by atoms with Crippen LogP contribution in [0.2, 0.25) is 0 Å². The second-order valence-corrected chi connectivity index (χ2v) is 8.44. The highest BCUT2D eigenvalue weighted by molar-refractivity contribution is 5.99. The molecule has 11 nitrogen and oxygen atoms in total. The Hall–Kier alpha value is -3.96. The molecule has 5 rings (SSSR count). The maximum atomic E-state index is 14.3. The molecule has 0 saturated carbocycles. The highest BCUT2D eigenvalue weighted by atomic mass is 19.1. The number of amides is 1. The van der Waals surface area contributed by atoms with Gasteiger partial charge in [-0.25, -0.2) is 14.1 Å². The number of hydrogen-bond donors (Lipinski definition) is 2. The number of hydrogen-bond acceptors (Lipinski definition) is 9. The summed E-state index contributed by atoms with van der Waals surface area (Å²) in [5.41, 5.74) is 8.35. The van der Waals surface area contributed by atoms with Gasteiger partial charge in [0.05, 0.1) is 13.2 Å². The van der Waals surface area contributed by atoms with E-state index in [-0.39, 0.29) is 35.1 Å². The quantitative estimate of drug-likeness (QED) is 0.551. The molecule has 3 N–H and O–H groups in total. The molecule has 1 fully saturated rings. The third-order valence-electron chi connectivity index (χ3n) is 6.31. The number of carbonyl (C=O) groups is 1. The number of fused-ring (bicyclic) bond motifs is 8. The fraction of sp³-hybridized carbons (Fsp3) is 0.409. The Morgan fingerprint density at radius 1 is 1.24 bits per heavy atom. The fourth-order valence-electron chi connectivity index (χ4n) is 4.69. The second kappa shape index (κ2) is 8.43. The van der Waals surface area contributed by atoms with E-state index in [0.717, 1.165) is 24.1 Å². The molecule has 0 aliphatic carbocycles. The zero-order valence-electron chi connectivity index (χ0n) is 19.2. The van der Waals surface area contributed by atoms with Gasteiger partial charge in [-0.05, 0) is 31.0 Å². The Kier molecular flexibility index (Phi) is 5.42. The van der Waals surface area contributed by atoms with Crippen LogP contribution in [0, 0.1) is 5.82 Å². The summed E-state index contributed by atoms with van der Waals surface area (Å²) in [5.74, 6) is 0.475. The van der Waals surface area contributed by atoms with E-state index >= 15 is 0 Å². The number of benzene rings is 1. The molecule has 1 aromatic carbocycles. The van der Waals surface area contributed by atoms with Crippen molar-refractivity contribution in [1.82, 2.24) is 29.9 Å².